The zero-order valence-electron chi connectivity index (χ0n) is 16.9. The first-order chi connectivity index (χ1) is 15.4. The minimum Gasteiger partial charge on any atom is -0.459 e. The molecule has 32 heavy (non-hydrogen) atoms. The SMILES string of the molecule is Cc1ccc(-c2ccc(C(=O)NC(=S)NCc3ccc(-c4ccc(Cl)cc4)o3)o2)cc1Cl. The number of carbonyl (C=O) groups is 1. The number of amides is 1. The van der Waals surface area contributed by atoms with Crippen LogP contribution < -0.4 is 10.6 Å². The first kappa shape index (κ1) is 22.1. The first-order valence-corrected chi connectivity index (χ1v) is 10.9. The molecule has 0 aliphatic rings. The van der Waals surface area contributed by atoms with Crippen LogP contribution in [0.3, 0.4) is 0 Å². The number of carbonyl (C=O) groups excluding carboxylic acids is 1. The van der Waals surface area contributed by atoms with E-state index in [4.69, 9.17) is 44.3 Å². The van der Waals surface area contributed by atoms with Gasteiger partial charge in [0.1, 0.15) is 17.3 Å². The number of benzene rings is 2. The van der Waals surface area contributed by atoms with Gasteiger partial charge >= 0.3 is 0 Å². The Morgan fingerprint density at radius 2 is 1.59 bits per heavy atom. The molecule has 0 saturated heterocycles. The standard InChI is InChI=1S/C24H18Cl2N2O3S/c1-14-2-3-16(12-19(14)26)21-10-11-22(31-21)23(29)28-24(32)27-13-18-8-9-20(30-18)15-4-6-17(25)7-5-15/h2-12H,13H2,1H3,(H2,27,28,29,32). The second-order valence-electron chi connectivity index (χ2n) is 7.04. The number of hydrogen-bond donors (Lipinski definition) is 2. The number of thiocarbonyl (C=S) groups is 1. The lowest BCUT2D eigenvalue weighted by Gasteiger charge is -2.07. The summed E-state index contributed by atoms with van der Waals surface area (Å²) in [6.07, 6.45) is 0. The Hall–Kier alpha value is -3.06. The molecule has 0 radical (unpaired) electrons. The van der Waals surface area contributed by atoms with E-state index in [-0.39, 0.29) is 10.9 Å². The van der Waals surface area contributed by atoms with Gasteiger partial charge in [0.2, 0.25) is 0 Å². The molecular formula is C24H18Cl2N2O3S. The Labute approximate surface area is 200 Å². The summed E-state index contributed by atoms with van der Waals surface area (Å²) in [5, 5.41) is 7.01. The van der Waals surface area contributed by atoms with Crippen molar-refractivity contribution in [2.45, 2.75) is 13.5 Å². The highest BCUT2D eigenvalue weighted by molar-refractivity contribution is 7.80. The van der Waals surface area contributed by atoms with Crippen molar-refractivity contribution in [1.29, 1.82) is 0 Å². The van der Waals surface area contributed by atoms with Gasteiger partial charge in [-0.1, -0.05) is 35.3 Å². The highest BCUT2D eigenvalue weighted by Gasteiger charge is 2.14. The Bertz CT molecular complexity index is 1280. The molecule has 4 aromatic rings. The van der Waals surface area contributed by atoms with Crippen molar-refractivity contribution in [3.8, 4) is 22.6 Å². The number of rotatable bonds is 5. The topological polar surface area (TPSA) is 67.4 Å². The van der Waals surface area contributed by atoms with Gasteiger partial charge in [0.05, 0.1) is 6.54 Å². The zero-order valence-corrected chi connectivity index (χ0v) is 19.3. The van der Waals surface area contributed by atoms with Crippen LogP contribution in [0.4, 0.5) is 0 Å². The van der Waals surface area contributed by atoms with Gasteiger partial charge in [-0.25, -0.2) is 0 Å². The van der Waals surface area contributed by atoms with E-state index in [1.165, 1.54) is 0 Å². The average molecular weight is 485 g/mol. The van der Waals surface area contributed by atoms with E-state index in [9.17, 15) is 4.79 Å². The fourth-order valence-electron chi connectivity index (χ4n) is 2.98. The molecule has 162 valence electrons. The van der Waals surface area contributed by atoms with Crippen molar-refractivity contribution in [1.82, 2.24) is 10.6 Å². The van der Waals surface area contributed by atoms with E-state index in [0.717, 1.165) is 16.7 Å². The van der Waals surface area contributed by atoms with E-state index >= 15 is 0 Å². The van der Waals surface area contributed by atoms with Crippen LogP contribution >= 0.6 is 35.4 Å². The molecule has 0 unspecified atom stereocenters. The van der Waals surface area contributed by atoms with Crippen LogP contribution in [0.15, 0.2) is 75.6 Å². The fourth-order valence-corrected chi connectivity index (χ4v) is 3.45. The summed E-state index contributed by atoms with van der Waals surface area (Å²) in [5.74, 6) is 1.62. The van der Waals surface area contributed by atoms with E-state index in [2.05, 4.69) is 10.6 Å². The van der Waals surface area contributed by atoms with Crippen LogP contribution in [0.25, 0.3) is 22.6 Å². The molecule has 2 N–H and O–H groups in total. The van der Waals surface area contributed by atoms with Crippen LogP contribution in [-0.2, 0) is 6.54 Å². The molecule has 2 aromatic carbocycles. The lowest BCUT2D eigenvalue weighted by Crippen LogP contribution is -2.38. The molecule has 0 saturated carbocycles. The van der Waals surface area contributed by atoms with Crippen molar-refractivity contribution in [2.75, 3.05) is 0 Å². The smallest absolute Gasteiger partial charge is 0.293 e. The summed E-state index contributed by atoms with van der Waals surface area (Å²) < 4.78 is 11.5. The van der Waals surface area contributed by atoms with E-state index in [1.807, 2.05) is 43.3 Å². The Kier molecular flexibility index (Phi) is 6.65. The number of furan rings is 2. The summed E-state index contributed by atoms with van der Waals surface area (Å²) >= 11 is 17.3. The summed E-state index contributed by atoms with van der Waals surface area (Å²) in [7, 11) is 0. The molecule has 0 atom stereocenters. The summed E-state index contributed by atoms with van der Waals surface area (Å²) in [5.41, 5.74) is 2.67. The van der Waals surface area contributed by atoms with E-state index in [1.54, 1.807) is 30.3 Å². The molecule has 2 heterocycles. The Morgan fingerprint density at radius 3 is 2.34 bits per heavy atom. The van der Waals surface area contributed by atoms with Gasteiger partial charge in [-0.05, 0) is 79.3 Å². The monoisotopic (exact) mass is 484 g/mol. The number of halogens is 2. The van der Waals surface area contributed by atoms with Crippen molar-refractivity contribution in [3.63, 3.8) is 0 Å². The largest absolute Gasteiger partial charge is 0.459 e. The molecule has 2 aromatic heterocycles. The maximum absolute atomic E-state index is 12.5. The van der Waals surface area contributed by atoms with Crippen LogP contribution in [-0.4, -0.2) is 11.0 Å². The molecule has 0 bridgehead atoms. The van der Waals surface area contributed by atoms with Gasteiger partial charge in [-0.15, -0.1) is 0 Å². The van der Waals surface area contributed by atoms with Gasteiger partial charge in [0, 0.05) is 21.2 Å². The molecule has 0 fully saturated rings. The van der Waals surface area contributed by atoms with E-state index in [0.29, 0.717) is 33.9 Å². The molecule has 1 amide bonds. The molecule has 0 aliphatic heterocycles. The van der Waals surface area contributed by atoms with Crippen LogP contribution in [0, 0.1) is 6.92 Å². The van der Waals surface area contributed by atoms with Crippen molar-refractivity contribution in [3.05, 3.63) is 93.9 Å². The van der Waals surface area contributed by atoms with Crippen molar-refractivity contribution in [2.24, 2.45) is 0 Å². The van der Waals surface area contributed by atoms with Crippen molar-refractivity contribution < 1.29 is 13.6 Å². The van der Waals surface area contributed by atoms with Crippen LogP contribution in [0.1, 0.15) is 21.9 Å². The average Bonchev–Trinajstić information content (AvgIpc) is 3.45. The number of nitrogens with one attached hydrogen (secondary N) is 2. The second kappa shape index (κ2) is 9.61. The highest BCUT2D eigenvalue weighted by Crippen LogP contribution is 2.27. The van der Waals surface area contributed by atoms with Gasteiger partial charge in [0.25, 0.3) is 5.91 Å². The minimum atomic E-state index is -0.451. The fraction of sp³-hybridized carbons (Fsp3) is 0.0833. The summed E-state index contributed by atoms with van der Waals surface area (Å²) in [6, 6.07) is 19.9. The lowest BCUT2D eigenvalue weighted by atomic mass is 10.1. The maximum atomic E-state index is 12.5. The first-order valence-electron chi connectivity index (χ1n) is 9.69. The minimum absolute atomic E-state index is 0.142. The van der Waals surface area contributed by atoms with E-state index < -0.39 is 5.91 Å². The third-order valence-corrected chi connectivity index (χ3v) is 5.63. The lowest BCUT2D eigenvalue weighted by molar-refractivity contribution is 0.0950. The number of aryl methyl sites for hydroxylation is 1. The summed E-state index contributed by atoms with van der Waals surface area (Å²) in [6.45, 7) is 2.24. The Morgan fingerprint density at radius 1 is 0.906 bits per heavy atom. The Balaban J connectivity index is 1.33. The molecule has 8 heteroatoms. The van der Waals surface area contributed by atoms with Crippen LogP contribution in [0.5, 0.6) is 0 Å². The highest BCUT2D eigenvalue weighted by atomic mass is 35.5. The van der Waals surface area contributed by atoms with Gasteiger partial charge in [0.15, 0.2) is 10.9 Å². The third-order valence-electron chi connectivity index (χ3n) is 4.73. The van der Waals surface area contributed by atoms with Crippen molar-refractivity contribution >= 4 is 46.4 Å². The normalized spacial score (nSPS) is 10.7. The van der Waals surface area contributed by atoms with Gasteiger partial charge in [-0.3, -0.25) is 10.1 Å². The second-order valence-corrected chi connectivity index (χ2v) is 8.29. The predicted molar refractivity (Wildman–Crippen MR) is 130 cm³/mol. The third kappa shape index (κ3) is 5.22. The predicted octanol–water partition coefficient (Wildman–Crippen LogP) is 6.63. The van der Waals surface area contributed by atoms with Crippen LogP contribution in [0.2, 0.25) is 10.0 Å². The summed E-state index contributed by atoms with van der Waals surface area (Å²) in [4.78, 5) is 12.5. The number of hydrogen-bond acceptors (Lipinski definition) is 4. The molecule has 5 nitrogen and oxygen atoms in total. The molecule has 4 rings (SSSR count). The maximum Gasteiger partial charge on any atom is 0.293 e. The van der Waals surface area contributed by atoms with Gasteiger partial charge in [-0.2, -0.15) is 0 Å². The molecular weight excluding hydrogens is 467 g/mol. The van der Waals surface area contributed by atoms with Gasteiger partial charge < -0.3 is 14.2 Å². The molecule has 0 spiro atoms. The molecule has 0 aliphatic carbocycles. The zero-order chi connectivity index (χ0) is 22.7. The quantitative estimate of drug-likeness (QED) is 0.311.